The molecule has 3 rings (SSSR count). The molecule has 0 saturated carbocycles. The van der Waals surface area contributed by atoms with Crippen molar-refractivity contribution >= 4 is 41.2 Å². The zero-order chi connectivity index (χ0) is 23.4. The van der Waals surface area contributed by atoms with Crippen LogP contribution >= 0.6 is 0 Å². The third-order valence-electron chi connectivity index (χ3n) is 4.45. The minimum atomic E-state index is -1.13. The van der Waals surface area contributed by atoms with Crippen molar-refractivity contribution < 1.29 is 28.6 Å². The van der Waals surface area contributed by atoms with Gasteiger partial charge in [-0.05, 0) is 42.5 Å². The summed E-state index contributed by atoms with van der Waals surface area (Å²) >= 11 is 0. The smallest absolute Gasteiger partial charge is 0.338 e. The van der Waals surface area contributed by atoms with Crippen LogP contribution < -0.4 is 9.91 Å². The summed E-state index contributed by atoms with van der Waals surface area (Å²) in [5, 5.41) is 23.5. The minimum Gasteiger partial charge on any atom is -0.478 e. The zero-order valence-electron chi connectivity index (χ0n) is 17.4. The van der Waals surface area contributed by atoms with Gasteiger partial charge in [-0.25, -0.2) is 9.59 Å². The second-order valence-corrected chi connectivity index (χ2v) is 6.71. The number of aromatic carboxylic acids is 1. The van der Waals surface area contributed by atoms with E-state index >= 15 is 0 Å². The molecule has 0 spiro atoms. The third kappa shape index (κ3) is 4.27. The second kappa shape index (κ2) is 9.01. The maximum atomic E-state index is 13.1. The average molecular weight is 434 g/mol. The number of hydrogen-bond donors (Lipinski definition) is 1. The number of hydrogen-bond acceptors (Lipinski definition) is 8. The lowest BCUT2D eigenvalue weighted by atomic mass is 10.0. The van der Waals surface area contributed by atoms with E-state index < -0.39 is 17.8 Å². The molecule has 0 fully saturated rings. The fraction of sp³-hybridized carbons (Fsp3) is 0.136. The molecule has 2 heterocycles. The summed E-state index contributed by atoms with van der Waals surface area (Å²) in [6.07, 6.45) is 2.79. The SMILES string of the molecule is COC(=O)C(C=Cc1ccc(N(C)C)o1)=C1C(=O)N(c2ccc(C(=O)O)cc2)N=C1C#N. The molecule has 2 aromatic rings. The molecule has 1 amide bonds. The van der Waals surface area contributed by atoms with Gasteiger partial charge in [-0.1, -0.05) is 0 Å². The number of nitriles is 1. The number of furan rings is 1. The van der Waals surface area contributed by atoms with E-state index in [1.165, 1.54) is 36.4 Å². The Hall–Kier alpha value is -4.65. The quantitative estimate of drug-likeness (QED) is 0.541. The Morgan fingerprint density at radius 2 is 1.91 bits per heavy atom. The van der Waals surface area contributed by atoms with Crippen LogP contribution in [0.15, 0.2) is 63.1 Å². The topological polar surface area (TPSA) is 136 Å². The summed E-state index contributed by atoms with van der Waals surface area (Å²) in [4.78, 5) is 38.3. The monoisotopic (exact) mass is 434 g/mol. The third-order valence-corrected chi connectivity index (χ3v) is 4.45. The van der Waals surface area contributed by atoms with E-state index in [-0.39, 0.29) is 28.1 Å². The number of esters is 1. The van der Waals surface area contributed by atoms with Gasteiger partial charge in [-0.2, -0.15) is 15.4 Å². The Balaban J connectivity index is 2.03. The highest BCUT2D eigenvalue weighted by atomic mass is 16.5. The molecule has 1 aliphatic heterocycles. The molecule has 0 bridgehead atoms. The first-order valence-corrected chi connectivity index (χ1v) is 9.21. The minimum absolute atomic E-state index is 0.0226. The lowest BCUT2D eigenvalue weighted by Gasteiger charge is -2.12. The largest absolute Gasteiger partial charge is 0.478 e. The summed E-state index contributed by atoms with van der Waals surface area (Å²) in [5.74, 6) is -1.69. The first kappa shape index (κ1) is 22.0. The molecular weight excluding hydrogens is 416 g/mol. The molecule has 10 heteroatoms. The Bertz CT molecular complexity index is 1210. The Morgan fingerprint density at radius 1 is 1.22 bits per heavy atom. The zero-order valence-corrected chi connectivity index (χ0v) is 17.4. The van der Waals surface area contributed by atoms with E-state index in [2.05, 4.69) is 5.10 Å². The van der Waals surface area contributed by atoms with E-state index in [0.29, 0.717) is 11.6 Å². The maximum absolute atomic E-state index is 13.1. The van der Waals surface area contributed by atoms with Gasteiger partial charge in [0, 0.05) is 20.2 Å². The molecule has 1 aromatic heterocycles. The molecule has 0 atom stereocenters. The molecule has 1 N–H and O–H groups in total. The van der Waals surface area contributed by atoms with E-state index in [0.717, 1.165) is 12.1 Å². The number of anilines is 2. The Labute approximate surface area is 182 Å². The Morgan fingerprint density at radius 3 is 2.44 bits per heavy atom. The fourth-order valence-corrected chi connectivity index (χ4v) is 2.84. The van der Waals surface area contributed by atoms with Crippen molar-refractivity contribution in [2.24, 2.45) is 5.10 Å². The van der Waals surface area contributed by atoms with Crippen molar-refractivity contribution in [2.75, 3.05) is 31.1 Å². The van der Waals surface area contributed by atoms with Crippen LogP contribution in [0.3, 0.4) is 0 Å². The number of benzene rings is 1. The van der Waals surface area contributed by atoms with Gasteiger partial charge in [-0.3, -0.25) is 4.79 Å². The lowest BCUT2D eigenvalue weighted by molar-refractivity contribution is -0.136. The molecule has 162 valence electrons. The van der Waals surface area contributed by atoms with E-state index in [1.807, 2.05) is 6.07 Å². The normalized spacial score (nSPS) is 14.9. The van der Waals surface area contributed by atoms with Crippen LogP contribution in [-0.2, 0) is 14.3 Å². The highest BCUT2D eigenvalue weighted by Gasteiger charge is 2.35. The number of carbonyl (C=O) groups is 3. The van der Waals surface area contributed by atoms with Gasteiger partial charge < -0.3 is 19.2 Å². The van der Waals surface area contributed by atoms with Crippen LogP contribution in [0, 0.1) is 11.3 Å². The number of rotatable bonds is 6. The maximum Gasteiger partial charge on any atom is 0.338 e. The number of carboxylic acid groups (broad SMARTS) is 1. The summed E-state index contributed by atoms with van der Waals surface area (Å²) in [7, 11) is 4.76. The highest BCUT2D eigenvalue weighted by Crippen LogP contribution is 2.27. The molecule has 0 saturated heterocycles. The van der Waals surface area contributed by atoms with Gasteiger partial charge in [0.25, 0.3) is 5.91 Å². The first-order chi connectivity index (χ1) is 15.3. The summed E-state index contributed by atoms with van der Waals surface area (Å²) in [6, 6.07) is 10.6. The summed E-state index contributed by atoms with van der Waals surface area (Å²) in [5.41, 5.74) is -0.440. The molecule has 10 nitrogen and oxygen atoms in total. The van der Waals surface area contributed by atoms with Crippen LogP contribution in [-0.4, -0.2) is 49.9 Å². The van der Waals surface area contributed by atoms with Crippen LogP contribution in [0.25, 0.3) is 6.08 Å². The highest BCUT2D eigenvalue weighted by molar-refractivity contribution is 6.37. The molecule has 0 unspecified atom stereocenters. The van der Waals surface area contributed by atoms with E-state index in [4.69, 9.17) is 14.3 Å². The van der Waals surface area contributed by atoms with Crippen molar-refractivity contribution in [1.29, 1.82) is 5.26 Å². The molecule has 32 heavy (non-hydrogen) atoms. The number of nitrogens with zero attached hydrogens (tertiary/aromatic N) is 4. The molecule has 1 aromatic carbocycles. The number of amides is 1. The number of carboxylic acids is 1. The van der Waals surface area contributed by atoms with Crippen LogP contribution in [0.1, 0.15) is 16.1 Å². The number of methoxy groups -OCH3 is 1. The van der Waals surface area contributed by atoms with Crippen molar-refractivity contribution in [3.63, 3.8) is 0 Å². The van der Waals surface area contributed by atoms with Crippen molar-refractivity contribution in [1.82, 2.24) is 0 Å². The van der Waals surface area contributed by atoms with E-state index in [9.17, 15) is 19.6 Å². The van der Waals surface area contributed by atoms with Gasteiger partial charge in [0.1, 0.15) is 11.8 Å². The molecule has 0 radical (unpaired) electrons. The van der Waals surface area contributed by atoms with Gasteiger partial charge in [0.2, 0.25) is 0 Å². The number of carbonyl (C=O) groups excluding carboxylic acids is 2. The lowest BCUT2D eigenvalue weighted by Crippen LogP contribution is -2.23. The summed E-state index contributed by atoms with van der Waals surface area (Å²) in [6.45, 7) is 0. The van der Waals surface area contributed by atoms with Crippen molar-refractivity contribution in [2.45, 2.75) is 0 Å². The van der Waals surface area contributed by atoms with Crippen molar-refractivity contribution in [3.8, 4) is 6.07 Å². The Kier molecular flexibility index (Phi) is 6.21. The summed E-state index contributed by atoms with van der Waals surface area (Å²) < 4.78 is 10.4. The van der Waals surface area contributed by atoms with Gasteiger partial charge in [-0.15, -0.1) is 0 Å². The first-order valence-electron chi connectivity index (χ1n) is 9.21. The van der Waals surface area contributed by atoms with Gasteiger partial charge >= 0.3 is 11.9 Å². The van der Waals surface area contributed by atoms with Crippen LogP contribution in [0.4, 0.5) is 11.6 Å². The second-order valence-electron chi connectivity index (χ2n) is 6.71. The van der Waals surface area contributed by atoms with Crippen LogP contribution in [0.5, 0.6) is 0 Å². The molecular formula is C22H18N4O6. The predicted molar refractivity (Wildman–Crippen MR) is 115 cm³/mol. The van der Waals surface area contributed by atoms with Crippen molar-refractivity contribution in [3.05, 3.63) is 64.9 Å². The average Bonchev–Trinajstić information content (AvgIpc) is 3.39. The fourth-order valence-electron chi connectivity index (χ4n) is 2.84. The van der Waals surface area contributed by atoms with E-state index in [1.54, 1.807) is 31.1 Å². The van der Waals surface area contributed by atoms with Gasteiger partial charge in [0.15, 0.2) is 11.6 Å². The number of ether oxygens (including phenoxy) is 1. The number of hydrazone groups is 1. The van der Waals surface area contributed by atoms with Gasteiger partial charge in [0.05, 0.1) is 29.5 Å². The predicted octanol–water partition coefficient (Wildman–Crippen LogP) is 2.45. The molecule has 1 aliphatic rings. The molecule has 0 aliphatic carbocycles. The van der Waals surface area contributed by atoms with Crippen LogP contribution in [0.2, 0.25) is 0 Å². The standard InChI is InChI=1S/C22H18N4O6/c1-25(2)18-11-9-15(32-18)8-10-16(22(30)31-3)19-17(12-23)24-26(20(19)27)14-6-4-13(5-7-14)21(28)29/h4-11H,1-3H3,(H,28,29).